The summed E-state index contributed by atoms with van der Waals surface area (Å²) in [4.78, 5) is 36.3. The number of anilines is 1. The summed E-state index contributed by atoms with van der Waals surface area (Å²) in [5, 5.41) is 2.41. The lowest BCUT2D eigenvalue weighted by Crippen LogP contribution is -2.39. The smallest absolute Gasteiger partial charge is 0.234 e. The van der Waals surface area contributed by atoms with Gasteiger partial charge in [0.25, 0.3) is 0 Å². The molecular weight excluding hydrogens is 280 g/mol. The summed E-state index contributed by atoms with van der Waals surface area (Å²) < 4.78 is 0. The van der Waals surface area contributed by atoms with Crippen molar-refractivity contribution in [3.63, 3.8) is 0 Å². The maximum atomic E-state index is 12.0. The zero-order valence-electron chi connectivity index (χ0n) is 12.5. The van der Waals surface area contributed by atoms with E-state index in [2.05, 4.69) is 10.2 Å². The fourth-order valence-electron chi connectivity index (χ4n) is 3.24. The molecule has 2 saturated heterocycles. The largest absolute Gasteiger partial charge is 0.371 e. The average Bonchev–Trinajstić information content (AvgIpc) is 2.55. The first-order valence-corrected chi connectivity index (χ1v) is 7.81. The van der Waals surface area contributed by atoms with Gasteiger partial charge < -0.3 is 9.69 Å². The highest BCUT2D eigenvalue weighted by atomic mass is 16.2. The molecule has 0 radical (unpaired) electrons. The predicted molar refractivity (Wildman–Crippen MR) is 82.6 cm³/mol. The van der Waals surface area contributed by atoms with Gasteiger partial charge in [-0.25, -0.2) is 0 Å². The Balaban J connectivity index is 1.74. The molecule has 5 heteroatoms. The minimum atomic E-state index is -0.245. The number of nitrogens with zero attached hydrogens (tertiary/aromatic N) is 1. The van der Waals surface area contributed by atoms with Crippen molar-refractivity contribution in [2.45, 2.75) is 31.6 Å². The number of amides is 2. The van der Waals surface area contributed by atoms with Gasteiger partial charge in [-0.2, -0.15) is 0 Å². The van der Waals surface area contributed by atoms with Crippen molar-refractivity contribution < 1.29 is 14.4 Å². The molecule has 0 aromatic heterocycles. The first-order valence-electron chi connectivity index (χ1n) is 7.81. The Morgan fingerprint density at radius 3 is 2.59 bits per heavy atom. The minimum absolute atomic E-state index is 0.176. The second-order valence-electron chi connectivity index (χ2n) is 6.06. The Morgan fingerprint density at radius 2 is 1.91 bits per heavy atom. The maximum absolute atomic E-state index is 12.0. The van der Waals surface area contributed by atoms with Crippen molar-refractivity contribution in [2.24, 2.45) is 5.92 Å². The predicted octanol–water partition coefficient (Wildman–Crippen LogP) is 1.62. The lowest BCUT2D eigenvalue weighted by atomic mass is 9.90. The number of hydrogen-bond acceptors (Lipinski definition) is 4. The van der Waals surface area contributed by atoms with Gasteiger partial charge in [0.2, 0.25) is 11.8 Å². The lowest BCUT2D eigenvalue weighted by molar-refractivity contribution is -0.134. The van der Waals surface area contributed by atoms with E-state index in [1.165, 1.54) is 0 Å². The molecule has 2 heterocycles. The second kappa shape index (κ2) is 6.30. The fourth-order valence-corrected chi connectivity index (χ4v) is 3.24. The molecule has 1 N–H and O–H groups in total. The van der Waals surface area contributed by atoms with E-state index in [1.54, 1.807) is 0 Å². The van der Waals surface area contributed by atoms with Gasteiger partial charge in [0, 0.05) is 31.1 Å². The molecule has 3 rings (SSSR count). The molecule has 1 aromatic carbocycles. The van der Waals surface area contributed by atoms with Crippen LogP contribution in [-0.4, -0.2) is 31.2 Å². The van der Waals surface area contributed by atoms with E-state index in [0.717, 1.165) is 43.5 Å². The van der Waals surface area contributed by atoms with Crippen LogP contribution in [0.25, 0.3) is 0 Å². The zero-order chi connectivity index (χ0) is 15.5. The van der Waals surface area contributed by atoms with Crippen LogP contribution < -0.4 is 10.2 Å². The number of rotatable bonds is 3. The van der Waals surface area contributed by atoms with Crippen molar-refractivity contribution in [1.29, 1.82) is 0 Å². The molecule has 0 aliphatic carbocycles. The Hall–Kier alpha value is -2.17. The molecule has 0 saturated carbocycles. The monoisotopic (exact) mass is 300 g/mol. The molecule has 2 aliphatic rings. The number of carbonyl (C=O) groups excluding carboxylic acids is 3. The summed E-state index contributed by atoms with van der Waals surface area (Å²) >= 11 is 0. The number of hydrogen-bond donors (Lipinski definition) is 1. The number of benzene rings is 1. The van der Waals surface area contributed by atoms with Crippen LogP contribution in [0, 0.1) is 5.92 Å². The molecule has 2 fully saturated rings. The van der Waals surface area contributed by atoms with Gasteiger partial charge in [0.05, 0.1) is 5.92 Å². The van der Waals surface area contributed by atoms with Crippen molar-refractivity contribution in [3.8, 4) is 0 Å². The Bertz CT molecular complexity index is 591. The topological polar surface area (TPSA) is 66.5 Å². The molecule has 1 unspecified atom stereocenters. The van der Waals surface area contributed by atoms with Crippen molar-refractivity contribution in [2.75, 3.05) is 18.0 Å². The van der Waals surface area contributed by atoms with E-state index in [1.807, 2.05) is 24.3 Å². The number of carbonyl (C=O) groups is 3. The lowest BCUT2D eigenvalue weighted by Gasteiger charge is -2.32. The summed E-state index contributed by atoms with van der Waals surface area (Å²) in [6.07, 6.45) is 3.78. The minimum Gasteiger partial charge on any atom is -0.371 e. The highest BCUT2D eigenvalue weighted by Crippen LogP contribution is 2.29. The van der Waals surface area contributed by atoms with Crippen LogP contribution in [-0.2, 0) is 14.4 Å². The Labute approximate surface area is 129 Å². The number of nitrogens with one attached hydrogen (secondary N) is 1. The number of imide groups is 1. The molecule has 22 heavy (non-hydrogen) atoms. The van der Waals surface area contributed by atoms with Gasteiger partial charge in [0.15, 0.2) is 0 Å². The van der Waals surface area contributed by atoms with E-state index in [4.69, 9.17) is 0 Å². The van der Waals surface area contributed by atoms with Crippen LogP contribution >= 0.6 is 0 Å². The molecule has 0 spiro atoms. The third-order valence-corrected chi connectivity index (χ3v) is 4.61. The normalized spacial score (nSPS) is 23.3. The van der Waals surface area contributed by atoms with Crippen LogP contribution in [0.1, 0.15) is 37.2 Å². The Morgan fingerprint density at radius 1 is 1.14 bits per heavy atom. The summed E-state index contributed by atoms with van der Waals surface area (Å²) in [5.74, 6) is -0.457. The van der Waals surface area contributed by atoms with Crippen LogP contribution in [0.4, 0.5) is 5.69 Å². The average molecular weight is 300 g/mol. The number of piperidine rings is 2. The van der Waals surface area contributed by atoms with Crippen LogP contribution in [0.5, 0.6) is 0 Å². The van der Waals surface area contributed by atoms with E-state index in [9.17, 15) is 14.4 Å². The first-order chi connectivity index (χ1) is 10.7. The molecule has 1 atom stereocenters. The molecule has 0 bridgehead atoms. The highest BCUT2D eigenvalue weighted by molar-refractivity contribution is 6.01. The van der Waals surface area contributed by atoms with Gasteiger partial charge >= 0.3 is 0 Å². The van der Waals surface area contributed by atoms with Gasteiger partial charge in [-0.05, 0) is 37.0 Å². The zero-order valence-corrected chi connectivity index (χ0v) is 12.5. The quantitative estimate of drug-likeness (QED) is 0.680. The van der Waals surface area contributed by atoms with Crippen molar-refractivity contribution >= 4 is 23.8 Å². The summed E-state index contributed by atoms with van der Waals surface area (Å²) in [5.41, 5.74) is 2.05. The molecule has 1 aromatic rings. The summed E-state index contributed by atoms with van der Waals surface area (Å²) in [6.45, 7) is 1.73. The van der Waals surface area contributed by atoms with Gasteiger partial charge in [0.1, 0.15) is 6.29 Å². The van der Waals surface area contributed by atoms with Gasteiger partial charge in [-0.15, -0.1) is 0 Å². The standard InChI is InChI=1S/C17H20N2O3/c20-11-12-6-8-19(9-7-12)14-3-1-2-13(10-14)15-4-5-16(21)18-17(15)22/h1-3,10-12,15H,4-9H2,(H,18,21,22). The molecular formula is C17H20N2O3. The van der Waals surface area contributed by atoms with E-state index >= 15 is 0 Å². The van der Waals surface area contributed by atoms with E-state index in [0.29, 0.717) is 12.8 Å². The fraction of sp³-hybridized carbons (Fsp3) is 0.471. The van der Waals surface area contributed by atoms with Gasteiger partial charge in [-0.3, -0.25) is 14.9 Å². The van der Waals surface area contributed by atoms with Crippen LogP contribution in [0.3, 0.4) is 0 Å². The van der Waals surface area contributed by atoms with Crippen LogP contribution in [0.2, 0.25) is 0 Å². The van der Waals surface area contributed by atoms with E-state index in [-0.39, 0.29) is 23.7 Å². The number of aldehydes is 1. The third-order valence-electron chi connectivity index (χ3n) is 4.61. The van der Waals surface area contributed by atoms with Gasteiger partial charge in [-0.1, -0.05) is 12.1 Å². The second-order valence-corrected chi connectivity index (χ2v) is 6.06. The molecule has 116 valence electrons. The molecule has 2 amide bonds. The first kappa shape index (κ1) is 14.8. The van der Waals surface area contributed by atoms with Crippen LogP contribution in [0.15, 0.2) is 24.3 Å². The third kappa shape index (κ3) is 3.03. The van der Waals surface area contributed by atoms with E-state index < -0.39 is 0 Å². The molecule has 2 aliphatic heterocycles. The van der Waals surface area contributed by atoms with Crippen molar-refractivity contribution in [3.05, 3.63) is 29.8 Å². The Kier molecular flexibility index (Phi) is 4.22. The summed E-state index contributed by atoms with van der Waals surface area (Å²) in [7, 11) is 0. The maximum Gasteiger partial charge on any atom is 0.234 e. The highest BCUT2D eigenvalue weighted by Gasteiger charge is 2.28. The summed E-state index contributed by atoms with van der Waals surface area (Å²) in [6, 6.07) is 7.99. The SMILES string of the molecule is O=CC1CCN(c2cccc(C3CCC(=O)NC3=O)c2)CC1. The van der Waals surface area contributed by atoms with Crippen molar-refractivity contribution in [1.82, 2.24) is 5.32 Å². The molecule has 5 nitrogen and oxygen atoms in total.